The zero-order chi connectivity index (χ0) is 9.97. The molecular formula is C9H13BrN4. The van der Waals surface area contributed by atoms with Crippen molar-refractivity contribution in [3.05, 3.63) is 17.0 Å². The number of halogens is 1. The van der Waals surface area contributed by atoms with Gasteiger partial charge >= 0.3 is 0 Å². The summed E-state index contributed by atoms with van der Waals surface area (Å²) < 4.78 is 0.939. The molecule has 1 aliphatic heterocycles. The molecule has 1 atom stereocenters. The number of nitrogens with two attached hydrogens (primary N) is 1. The Hall–Kier alpha value is -0.680. The number of aromatic nitrogens is 2. The lowest BCUT2D eigenvalue weighted by Crippen LogP contribution is -2.43. The van der Waals surface area contributed by atoms with Gasteiger partial charge in [-0.05, 0) is 28.8 Å². The molecule has 2 rings (SSSR count). The van der Waals surface area contributed by atoms with Crippen LogP contribution in [0.5, 0.6) is 0 Å². The minimum absolute atomic E-state index is 0.269. The van der Waals surface area contributed by atoms with Crippen molar-refractivity contribution in [2.24, 2.45) is 5.73 Å². The number of piperidine rings is 1. The van der Waals surface area contributed by atoms with E-state index in [2.05, 4.69) is 30.8 Å². The van der Waals surface area contributed by atoms with Crippen molar-refractivity contribution >= 4 is 21.7 Å². The predicted octanol–water partition coefficient (Wildman–Crippen LogP) is 1.17. The molecule has 0 aromatic carbocycles. The average Bonchev–Trinajstić information content (AvgIpc) is 2.18. The third-order valence-electron chi connectivity index (χ3n) is 2.41. The van der Waals surface area contributed by atoms with E-state index in [-0.39, 0.29) is 6.04 Å². The molecule has 14 heavy (non-hydrogen) atoms. The van der Waals surface area contributed by atoms with Crippen LogP contribution >= 0.6 is 15.9 Å². The lowest BCUT2D eigenvalue weighted by Gasteiger charge is -2.31. The Morgan fingerprint density at radius 2 is 2.43 bits per heavy atom. The first-order valence-corrected chi connectivity index (χ1v) is 5.52. The van der Waals surface area contributed by atoms with Gasteiger partial charge in [0.2, 0.25) is 0 Å². The molecule has 1 fully saturated rings. The van der Waals surface area contributed by atoms with Gasteiger partial charge in [0.05, 0.1) is 4.47 Å². The zero-order valence-corrected chi connectivity index (χ0v) is 9.44. The minimum atomic E-state index is 0.269. The van der Waals surface area contributed by atoms with Crippen molar-refractivity contribution in [3.8, 4) is 0 Å². The van der Waals surface area contributed by atoms with Gasteiger partial charge in [-0.3, -0.25) is 0 Å². The third kappa shape index (κ3) is 2.04. The molecule has 1 saturated heterocycles. The molecule has 0 aliphatic carbocycles. The van der Waals surface area contributed by atoms with Crippen LogP contribution in [0.2, 0.25) is 0 Å². The van der Waals surface area contributed by atoms with Gasteiger partial charge in [-0.1, -0.05) is 0 Å². The molecule has 1 aromatic rings. The highest BCUT2D eigenvalue weighted by Gasteiger charge is 2.19. The van der Waals surface area contributed by atoms with E-state index >= 15 is 0 Å². The van der Waals surface area contributed by atoms with Crippen molar-refractivity contribution in [2.45, 2.75) is 18.9 Å². The van der Waals surface area contributed by atoms with Gasteiger partial charge in [-0.2, -0.15) is 0 Å². The van der Waals surface area contributed by atoms with Crippen molar-refractivity contribution in [1.29, 1.82) is 0 Å². The van der Waals surface area contributed by atoms with Crippen LogP contribution in [0.4, 0.5) is 5.82 Å². The minimum Gasteiger partial charge on any atom is -0.354 e. The number of nitrogens with zero attached hydrogens (tertiary/aromatic N) is 3. The first-order valence-electron chi connectivity index (χ1n) is 4.73. The fraction of sp³-hybridized carbons (Fsp3) is 0.556. The van der Waals surface area contributed by atoms with Gasteiger partial charge in [-0.25, -0.2) is 9.97 Å². The van der Waals surface area contributed by atoms with Crippen LogP contribution in [0.3, 0.4) is 0 Å². The summed E-state index contributed by atoms with van der Waals surface area (Å²) in [5.74, 6) is 0.954. The number of rotatable bonds is 1. The second kappa shape index (κ2) is 4.23. The van der Waals surface area contributed by atoms with Gasteiger partial charge in [-0.15, -0.1) is 0 Å². The summed E-state index contributed by atoms with van der Waals surface area (Å²) in [7, 11) is 0. The highest BCUT2D eigenvalue weighted by Crippen LogP contribution is 2.24. The summed E-state index contributed by atoms with van der Waals surface area (Å²) in [4.78, 5) is 10.4. The fourth-order valence-electron chi connectivity index (χ4n) is 1.74. The summed E-state index contributed by atoms with van der Waals surface area (Å²) >= 11 is 3.44. The smallest absolute Gasteiger partial charge is 0.146 e. The maximum atomic E-state index is 5.91. The standard InChI is InChI=1S/C9H13BrN4/c10-8-4-12-6-13-9(8)14-3-1-2-7(11)5-14/h4,6-7H,1-3,5,11H2. The van der Waals surface area contributed by atoms with E-state index in [9.17, 15) is 0 Å². The largest absolute Gasteiger partial charge is 0.354 e. The monoisotopic (exact) mass is 256 g/mol. The topological polar surface area (TPSA) is 55.0 Å². The van der Waals surface area contributed by atoms with Crippen molar-refractivity contribution in [2.75, 3.05) is 18.0 Å². The van der Waals surface area contributed by atoms with E-state index in [0.29, 0.717) is 0 Å². The molecule has 2 heterocycles. The number of anilines is 1. The summed E-state index contributed by atoms with van der Waals surface area (Å²) in [6.07, 6.45) is 5.58. The maximum Gasteiger partial charge on any atom is 0.146 e. The first kappa shape index (κ1) is 9.86. The molecule has 0 radical (unpaired) electrons. The molecule has 76 valence electrons. The molecule has 0 spiro atoms. The van der Waals surface area contributed by atoms with Crippen LogP contribution in [0.1, 0.15) is 12.8 Å². The molecule has 4 nitrogen and oxygen atoms in total. The van der Waals surface area contributed by atoms with Crippen molar-refractivity contribution in [3.63, 3.8) is 0 Å². The average molecular weight is 257 g/mol. The molecule has 5 heteroatoms. The van der Waals surface area contributed by atoms with Crippen molar-refractivity contribution < 1.29 is 0 Å². The summed E-state index contributed by atoms with van der Waals surface area (Å²) in [5, 5.41) is 0. The van der Waals surface area contributed by atoms with E-state index in [1.165, 1.54) is 0 Å². The molecule has 0 amide bonds. The highest BCUT2D eigenvalue weighted by molar-refractivity contribution is 9.10. The van der Waals surface area contributed by atoms with E-state index in [1.807, 2.05) is 0 Å². The van der Waals surface area contributed by atoms with Gasteiger partial charge in [0.1, 0.15) is 12.1 Å². The summed E-state index contributed by atoms with van der Waals surface area (Å²) in [5.41, 5.74) is 5.91. The van der Waals surface area contributed by atoms with E-state index in [0.717, 1.165) is 36.2 Å². The van der Waals surface area contributed by atoms with Gasteiger partial charge < -0.3 is 10.6 Å². The predicted molar refractivity (Wildman–Crippen MR) is 59.2 cm³/mol. The van der Waals surface area contributed by atoms with Gasteiger partial charge in [0.25, 0.3) is 0 Å². The molecule has 0 bridgehead atoms. The number of hydrogen-bond donors (Lipinski definition) is 1. The van der Waals surface area contributed by atoms with Crippen LogP contribution in [-0.4, -0.2) is 29.1 Å². The van der Waals surface area contributed by atoms with E-state index < -0.39 is 0 Å². The van der Waals surface area contributed by atoms with Crippen LogP contribution in [0.25, 0.3) is 0 Å². The quantitative estimate of drug-likeness (QED) is 0.820. The maximum absolute atomic E-state index is 5.91. The van der Waals surface area contributed by atoms with E-state index in [4.69, 9.17) is 5.73 Å². The zero-order valence-electron chi connectivity index (χ0n) is 7.86. The lowest BCUT2D eigenvalue weighted by atomic mass is 10.1. The molecule has 2 N–H and O–H groups in total. The first-order chi connectivity index (χ1) is 6.77. The normalized spacial score (nSPS) is 22.4. The SMILES string of the molecule is NC1CCCN(c2ncncc2Br)C1. The second-order valence-electron chi connectivity index (χ2n) is 3.54. The van der Waals surface area contributed by atoms with Crippen LogP contribution in [-0.2, 0) is 0 Å². The molecule has 1 unspecified atom stereocenters. The van der Waals surface area contributed by atoms with Crippen LogP contribution in [0.15, 0.2) is 17.0 Å². The molecule has 1 aliphatic rings. The summed E-state index contributed by atoms with van der Waals surface area (Å²) in [6, 6.07) is 0.269. The lowest BCUT2D eigenvalue weighted by molar-refractivity contribution is 0.502. The third-order valence-corrected chi connectivity index (χ3v) is 2.96. The Kier molecular flexibility index (Phi) is 2.98. The van der Waals surface area contributed by atoms with Crippen LogP contribution in [0, 0.1) is 0 Å². The molecular weight excluding hydrogens is 244 g/mol. The van der Waals surface area contributed by atoms with Gasteiger partial charge in [0.15, 0.2) is 0 Å². The Bertz CT molecular complexity index is 317. The Balaban J connectivity index is 2.18. The van der Waals surface area contributed by atoms with Crippen LogP contribution < -0.4 is 10.6 Å². The fourth-order valence-corrected chi connectivity index (χ4v) is 2.21. The Morgan fingerprint density at radius 1 is 1.57 bits per heavy atom. The number of hydrogen-bond acceptors (Lipinski definition) is 4. The highest BCUT2D eigenvalue weighted by atomic mass is 79.9. The van der Waals surface area contributed by atoms with Crippen molar-refractivity contribution in [1.82, 2.24) is 9.97 Å². The molecule has 0 saturated carbocycles. The Labute approximate surface area is 91.7 Å². The van der Waals surface area contributed by atoms with E-state index in [1.54, 1.807) is 12.5 Å². The Morgan fingerprint density at radius 3 is 3.14 bits per heavy atom. The second-order valence-corrected chi connectivity index (χ2v) is 4.40. The summed E-state index contributed by atoms with van der Waals surface area (Å²) in [6.45, 7) is 1.92. The molecule has 1 aromatic heterocycles. The van der Waals surface area contributed by atoms with Gasteiger partial charge in [0, 0.05) is 25.3 Å².